The Morgan fingerprint density at radius 2 is 2.02 bits per heavy atom. The molecule has 40 heavy (non-hydrogen) atoms. The van der Waals surface area contributed by atoms with E-state index < -0.39 is 35.2 Å². The van der Waals surface area contributed by atoms with Crippen molar-refractivity contribution in [3.05, 3.63) is 22.3 Å². The Kier molecular flexibility index (Phi) is 8.84. The highest BCUT2D eigenvalue weighted by Crippen LogP contribution is 2.41. The first-order valence-corrected chi connectivity index (χ1v) is 13.8. The van der Waals surface area contributed by atoms with Crippen LogP contribution in [-0.4, -0.2) is 113 Å². The van der Waals surface area contributed by atoms with Crippen LogP contribution in [0.5, 0.6) is 0 Å². The summed E-state index contributed by atoms with van der Waals surface area (Å²) < 4.78 is 1.17. The Balaban J connectivity index is 1.47. The minimum atomic E-state index is -1.33. The Labute approximate surface area is 236 Å². The number of carboxylic acid groups (broad SMARTS) is 2. The molecule has 2 aromatic rings. The van der Waals surface area contributed by atoms with E-state index in [4.69, 9.17) is 10.6 Å². The van der Waals surface area contributed by atoms with Crippen LogP contribution in [0.15, 0.2) is 32.1 Å². The van der Waals surface area contributed by atoms with Gasteiger partial charge < -0.3 is 30.9 Å². The van der Waals surface area contributed by atoms with Gasteiger partial charge >= 0.3 is 11.9 Å². The van der Waals surface area contributed by atoms with E-state index in [9.17, 15) is 29.4 Å². The number of oxime groups is 2. The molecule has 4 heterocycles. The number of rotatable bonds is 12. The van der Waals surface area contributed by atoms with E-state index in [-0.39, 0.29) is 51.2 Å². The highest BCUT2D eigenvalue weighted by Gasteiger charge is 2.54. The maximum atomic E-state index is 13.0. The second-order valence-electron chi connectivity index (χ2n) is 7.75. The van der Waals surface area contributed by atoms with Crippen LogP contribution in [-0.2, 0) is 35.4 Å². The zero-order valence-corrected chi connectivity index (χ0v) is 23.0. The molecule has 1 unspecified atom stereocenters. The van der Waals surface area contributed by atoms with Gasteiger partial charge in [0.05, 0.1) is 6.54 Å². The van der Waals surface area contributed by atoms with Crippen molar-refractivity contribution >= 4 is 75.2 Å². The lowest BCUT2D eigenvalue weighted by molar-refractivity contribution is -0.150. The van der Waals surface area contributed by atoms with E-state index in [1.165, 1.54) is 36.0 Å². The Morgan fingerprint density at radius 3 is 2.65 bits per heavy atom. The highest BCUT2D eigenvalue weighted by atomic mass is 32.2. The van der Waals surface area contributed by atoms with Gasteiger partial charge in [-0.15, -0.1) is 28.2 Å². The van der Waals surface area contributed by atoms with Crippen molar-refractivity contribution < 1.29 is 39.1 Å². The molecule has 2 aliphatic heterocycles. The normalized spacial score (nSPS) is 19.1. The fourth-order valence-electron chi connectivity index (χ4n) is 3.63. The third kappa shape index (κ3) is 5.84. The average molecular weight is 613 g/mol. The number of carbonyl (C=O) groups is 4. The van der Waals surface area contributed by atoms with Gasteiger partial charge in [0.1, 0.15) is 37.0 Å². The molecule has 2 aliphatic rings. The number of thiazole rings is 1. The van der Waals surface area contributed by atoms with Gasteiger partial charge in [-0.3, -0.25) is 14.5 Å². The molecule has 0 saturated carbocycles. The summed E-state index contributed by atoms with van der Waals surface area (Å²) in [5.74, 6) is -3.69. The minimum Gasteiger partial charge on any atom is -0.477 e. The van der Waals surface area contributed by atoms with Gasteiger partial charge in [0.15, 0.2) is 16.6 Å². The van der Waals surface area contributed by atoms with Gasteiger partial charge in [-0.25, -0.2) is 19.3 Å². The first-order chi connectivity index (χ1) is 19.2. The first kappa shape index (κ1) is 28.8. The van der Waals surface area contributed by atoms with Gasteiger partial charge in [0, 0.05) is 16.9 Å². The van der Waals surface area contributed by atoms with Gasteiger partial charge in [0.25, 0.3) is 11.8 Å². The molecular weight excluding hydrogens is 592 g/mol. The monoisotopic (exact) mass is 612 g/mol. The molecule has 0 radical (unpaired) electrons. The molecule has 0 aromatic carbocycles. The lowest BCUT2D eigenvalue weighted by Crippen LogP contribution is -2.71. The Morgan fingerprint density at radius 1 is 1.27 bits per heavy atom. The van der Waals surface area contributed by atoms with Crippen LogP contribution in [0.25, 0.3) is 0 Å². The molecule has 212 valence electrons. The standard InChI is InChI=1S/C19H20N10O8S3/c1-36-24-8(16(32)33)3-28-19(23-26-27-28)40-5-7-4-38-15-11(14(31)29(15)12(7)17(34)35)22-13(30)10(25-37-2)9-6-39-18(20)21-9/h6,11,15H,3-5H2,1-2H3,(H2,20,21)(H,22,30)(H,32,33)(H,34,35)/t11?,15-/m0/s1. The average Bonchev–Trinajstić information content (AvgIpc) is 3.56. The number of fused-ring (bicyclic) bond motifs is 1. The van der Waals surface area contributed by atoms with Crippen LogP contribution >= 0.6 is 34.9 Å². The number of nitrogens with one attached hydrogen (secondary N) is 1. The molecule has 21 heteroatoms. The molecule has 0 spiro atoms. The predicted molar refractivity (Wildman–Crippen MR) is 140 cm³/mol. The first-order valence-electron chi connectivity index (χ1n) is 10.9. The summed E-state index contributed by atoms with van der Waals surface area (Å²) in [6, 6.07) is -1.01. The number of anilines is 1. The maximum Gasteiger partial charge on any atom is 0.355 e. The number of nitrogens with zero attached hydrogens (tertiary/aromatic N) is 8. The number of hydrogen-bond acceptors (Lipinski definition) is 16. The molecule has 1 saturated heterocycles. The smallest absolute Gasteiger partial charge is 0.355 e. The molecule has 2 aromatic heterocycles. The van der Waals surface area contributed by atoms with Crippen LogP contribution in [0.4, 0.5) is 5.13 Å². The van der Waals surface area contributed by atoms with Crippen LogP contribution < -0.4 is 11.1 Å². The summed E-state index contributed by atoms with van der Waals surface area (Å²) in [5, 5.41) is 41.2. The number of aromatic nitrogens is 5. The predicted octanol–water partition coefficient (Wildman–Crippen LogP) is -1.32. The number of carbonyl (C=O) groups excluding carboxylic acids is 2. The lowest BCUT2D eigenvalue weighted by Gasteiger charge is -2.49. The number of tetrazole rings is 1. The number of nitrogen functional groups attached to an aromatic ring is 1. The van der Waals surface area contributed by atoms with Crippen LogP contribution in [0.2, 0.25) is 0 Å². The van der Waals surface area contributed by atoms with E-state index >= 15 is 0 Å². The summed E-state index contributed by atoms with van der Waals surface area (Å²) in [4.78, 5) is 63.8. The van der Waals surface area contributed by atoms with Crippen LogP contribution in [0.3, 0.4) is 0 Å². The second kappa shape index (κ2) is 12.3. The summed E-state index contributed by atoms with van der Waals surface area (Å²) in [6.45, 7) is -0.298. The molecule has 4 rings (SSSR count). The lowest BCUT2D eigenvalue weighted by atomic mass is 10.0. The van der Waals surface area contributed by atoms with Crippen LogP contribution in [0.1, 0.15) is 5.69 Å². The summed E-state index contributed by atoms with van der Waals surface area (Å²) >= 11 is 3.41. The van der Waals surface area contributed by atoms with E-state index in [1.54, 1.807) is 0 Å². The van der Waals surface area contributed by atoms with Gasteiger partial charge in [-0.1, -0.05) is 22.1 Å². The topological polar surface area (TPSA) is 250 Å². The van der Waals surface area contributed by atoms with E-state index in [1.807, 2.05) is 0 Å². The molecule has 18 nitrogen and oxygen atoms in total. The Hall–Kier alpha value is -4.24. The summed E-state index contributed by atoms with van der Waals surface area (Å²) in [6.07, 6.45) is 0. The second-order valence-corrected chi connectivity index (χ2v) is 10.7. The fourth-order valence-corrected chi connectivity index (χ4v) is 6.54. The quantitative estimate of drug-likeness (QED) is 0.0939. The number of carboxylic acids is 2. The molecule has 5 N–H and O–H groups in total. The number of hydrogen-bond donors (Lipinski definition) is 4. The zero-order chi connectivity index (χ0) is 29.0. The highest BCUT2D eigenvalue weighted by molar-refractivity contribution is 8.01. The van der Waals surface area contributed by atoms with Gasteiger partial charge in [0.2, 0.25) is 5.16 Å². The van der Waals surface area contributed by atoms with Crippen molar-refractivity contribution in [2.75, 3.05) is 31.5 Å². The third-order valence-corrected chi connectivity index (χ3v) is 8.38. The van der Waals surface area contributed by atoms with E-state index in [0.717, 1.165) is 28.0 Å². The van der Waals surface area contributed by atoms with Gasteiger partial charge in [-0.05, 0) is 16.0 Å². The molecule has 2 amide bonds. The van der Waals surface area contributed by atoms with E-state index in [2.05, 4.69) is 41.0 Å². The van der Waals surface area contributed by atoms with Crippen molar-refractivity contribution in [2.45, 2.75) is 23.1 Å². The molecule has 0 aliphatic carbocycles. The molecule has 1 fully saturated rings. The van der Waals surface area contributed by atoms with Crippen molar-refractivity contribution in [2.24, 2.45) is 10.3 Å². The third-order valence-electron chi connectivity index (χ3n) is 5.32. The fraction of sp³-hybridized carbons (Fsp3) is 0.368. The van der Waals surface area contributed by atoms with Crippen molar-refractivity contribution in [1.82, 2.24) is 35.4 Å². The number of aliphatic carboxylic acids is 2. The number of thioether (sulfide) groups is 2. The van der Waals surface area contributed by atoms with Crippen molar-refractivity contribution in [3.8, 4) is 0 Å². The largest absolute Gasteiger partial charge is 0.477 e. The van der Waals surface area contributed by atoms with E-state index in [0.29, 0.717) is 5.57 Å². The number of amides is 2. The maximum absolute atomic E-state index is 13.0. The summed E-state index contributed by atoms with van der Waals surface area (Å²) in [7, 11) is 2.44. The van der Waals surface area contributed by atoms with Crippen molar-refractivity contribution in [3.63, 3.8) is 0 Å². The van der Waals surface area contributed by atoms with Crippen molar-refractivity contribution in [1.29, 1.82) is 0 Å². The zero-order valence-electron chi connectivity index (χ0n) is 20.6. The minimum absolute atomic E-state index is 0.0856. The molecule has 2 atom stereocenters. The SMILES string of the molecule is CON=C(Cn1nnnc1SCC1=C(C(=O)O)N2C(=O)C(NC(=O)C(=NOC)c3csc(N)n3)[C@@H]2SC1)C(=O)O. The molecule has 0 bridgehead atoms. The molecular formula is C19H20N10O8S3. The Bertz CT molecular complexity index is 1440. The number of nitrogens with two attached hydrogens (primary N) is 1. The summed E-state index contributed by atoms with van der Waals surface area (Å²) in [5.41, 5.74) is 5.46. The number of β-lactam (4-membered cyclic amide) rings is 1. The van der Waals surface area contributed by atoms with Gasteiger partial charge in [-0.2, -0.15) is 0 Å². The van der Waals surface area contributed by atoms with Crippen LogP contribution in [0, 0.1) is 0 Å².